The van der Waals surface area contributed by atoms with Gasteiger partial charge in [-0.05, 0) is 26.0 Å². The Bertz CT molecular complexity index is 619. The van der Waals surface area contributed by atoms with Gasteiger partial charge in [-0.3, -0.25) is 9.59 Å². The van der Waals surface area contributed by atoms with Crippen LogP contribution in [0.15, 0.2) is 16.3 Å². The highest BCUT2D eigenvalue weighted by Crippen LogP contribution is 2.26. The fourth-order valence-electron chi connectivity index (χ4n) is 1.59. The second-order valence-electron chi connectivity index (χ2n) is 4.51. The summed E-state index contributed by atoms with van der Waals surface area (Å²) in [6.07, 6.45) is -0.237. The second-order valence-corrected chi connectivity index (χ2v) is 7.80. The number of thiophene rings is 1. The van der Waals surface area contributed by atoms with Crippen LogP contribution in [0.1, 0.15) is 18.7 Å². The van der Waals surface area contributed by atoms with Crippen LogP contribution in [0.2, 0.25) is 0 Å². The van der Waals surface area contributed by atoms with Crippen LogP contribution in [0.5, 0.6) is 0 Å². The van der Waals surface area contributed by atoms with E-state index in [0.717, 1.165) is 15.6 Å². The van der Waals surface area contributed by atoms with Crippen molar-refractivity contribution in [2.45, 2.75) is 30.5 Å². The van der Waals surface area contributed by atoms with E-state index < -0.39 is 28.0 Å². The van der Waals surface area contributed by atoms with E-state index in [9.17, 15) is 18.0 Å². The molecule has 0 unspecified atom stereocenters. The fourth-order valence-corrected chi connectivity index (χ4v) is 4.65. The minimum absolute atomic E-state index is 0.0105. The first-order chi connectivity index (χ1) is 9.68. The minimum atomic E-state index is -3.86. The summed E-state index contributed by atoms with van der Waals surface area (Å²) in [4.78, 5) is 22.4. The summed E-state index contributed by atoms with van der Waals surface area (Å²) < 4.78 is 30.5. The van der Waals surface area contributed by atoms with Gasteiger partial charge in [0.05, 0.1) is 13.5 Å². The molecule has 1 N–H and O–H groups in total. The van der Waals surface area contributed by atoms with Crippen LogP contribution in [0.25, 0.3) is 0 Å². The first kappa shape index (κ1) is 17.6. The molecule has 7 nitrogen and oxygen atoms in total. The summed E-state index contributed by atoms with van der Waals surface area (Å²) >= 11 is 0.886. The van der Waals surface area contributed by atoms with E-state index in [-0.39, 0.29) is 17.2 Å². The largest absolute Gasteiger partial charge is 0.481 e. The Hall–Kier alpha value is -1.45. The average molecular weight is 335 g/mol. The molecule has 0 saturated heterocycles. The van der Waals surface area contributed by atoms with Gasteiger partial charge in [0, 0.05) is 10.9 Å². The molecule has 0 atom stereocenters. The number of sulfonamides is 1. The monoisotopic (exact) mass is 335 g/mol. The first-order valence-electron chi connectivity index (χ1n) is 6.07. The number of nitrogens with zero attached hydrogens (tertiary/aromatic N) is 1. The Morgan fingerprint density at radius 1 is 1.38 bits per heavy atom. The van der Waals surface area contributed by atoms with Gasteiger partial charge in [-0.2, -0.15) is 4.31 Å². The van der Waals surface area contributed by atoms with Gasteiger partial charge in [0.15, 0.2) is 0 Å². The third-order valence-electron chi connectivity index (χ3n) is 2.61. The van der Waals surface area contributed by atoms with Crippen molar-refractivity contribution < 1.29 is 27.9 Å². The zero-order valence-corrected chi connectivity index (χ0v) is 13.5. The van der Waals surface area contributed by atoms with Crippen molar-refractivity contribution in [2.75, 3.05) is 13.7 Å². The molecular formula is C12H17NO6S2. The lowest BCUT2D eigenvalue weighted by atomic mass is 10.3. The number of aliphatic carboxylic acids is 1. The molecule has 0 aliphatic carbocycles. The quantitative estimate of drug-likeness (QED) is 0.745. The molecule has 21 heavy (non-hydrogen) atoms. The van der Waals surface area contributed by atoms with Crippen molar-refractivity contribution in [3.05, 3.63) is 17.0 Å². The third kappa shape index (κ3) is 4.51. The molecular weight excluding hydrogens is 318 g/mol. The lowest BCUT2D eigenvalue weighted by molar-refractivity contribution is -0.141. The number of carboxylic acids is 1. The highest BCUT2D eigenvalue weighted by atomic mass is 32.2. The molecule has 1 heterocycles. The van der Waals surface area contributed by atoms with Gasteiger partial charge >= 0.3 is 11.9 Å². The average Bonchev–Trinajstić information content (AvgIpc) is 2.83. The zero-order valence-electron chi connectivity index (χ0n) is 11.9. The zero-order chi connectivity index (χ0) is 16.2. The molecule has 0 aliphatic heterocycles. The first-order valence-corrected chi connectivity index (χ1v) is 8.33. The van der Waals surface area contributed by atoms with Crippen LogP contribution in [0, 0.1) is 0 Å². The number of methoxy groups -OCH3 is 1. The van der Waals surface area contributed by atoms with Gasteiger partial charge in [0.25, 0.3) is 10.0 Å². The second kappa shape index (κ2) is 7.01. The fraction of sp³-hybridized carbons (Fsp3) is 0.500. The lowest BCUT2D eigenvalue weighted by Gasteiger charge is -2.23. The number of hydrogen-bond acceptors (Lipinski definition) is 6. The van der Waals surface area contributed by atoms with E-state index in [0.29, 0.717) is 4.88 Å². The number of carbonyl (C=O) groups excluding carboxylic acids is 1. The molecule has 0 radical (unpaired) electrons. The summed E-state index contributed by atoms with van der Waals surface area (Å²) in [5, 5.41) is 8.71. The predicted molar refractivity (Wildman–Crippen MR) is 76.7 cm³/mol. The summed E-state index contributed by atoms with van der Waals surface area (Å²) in [7, 11) is -2.68. The maximum atomic E-state index is 12.5. The predicted octanol–water partition coefficient (Wildman–Crippen LogP) is 0.947. The Morgan fingerprint density at radius 2 is 2.00 bits per heavy atom. The smallest absolute Gasteiger partial charge is 0.321 e. The molecule has 0 aliphatic rings. The molecule has 0 amide bonds. The van der Waals surface area contributed by atoms with E-state index >= 15 is 0 Å². The topological polar surface area (TPSA) is 101 Å². The summed E-state index contributed by atoms with van der Waals surface area (Å²) in [5.74, 6) is -1.69. The van der Waals surface area contributed by atoms with Crippen LogP contribution in [0.4, 0.5) is 0 Å². The van der Waals surface area contributed by atoms with Crippen molar-refractivity contribution in [2.24, 2.45) is 0 Å². The SMILES string of the molecule is COC(=O)CN(C(C)C)S(=O)(=O)c1ccc(CC(=O)O)s1. The van der Waals surface area contributed by atoms with Crippen molar-refractivity contribution in [3.8, 4) is 0 Å². The van der Waals surface area contributed by atoms with Crippen molar-refractivity contribution >= 4 is 33.3 Å². The van der Waals surface area contributed by atoms with E-state index in [1.165, 1.54) is 19.2 Å². The third-order valence-corrected chi connectivity index (χ3v) is 6.19. The Morgan fingerprint density at radius 3 is 2.48 bits per heavy atom. The Labute approximate surface area is 127 Å². The van der Waals surface area contributed by atoms with Crippen LogP contribution >= 0.6 is 11.3 Å². The van der Waals surface area contributed by atoms with Crippen LogP contribution in [-0.2, 0) is 30.8 Å². The molecule has 0 bridgehead atoms. The van der Waals surface area contributed by atoms with Gasteiger partial charge in [-0.25, -0.2) is 8.42 Å². The van der Waals surface area contributed by atoms with Gasteiger partial charge in [-0.1, -0.05) is 0 Å². The van der Waals surface area contributed by atoms with E-state index in [4.69, 9.17) is 5.11 Å². The van der Waals surface area contributed by atoms with Crippen molar-refractivity contribution in [1.29, 1.82) is 0 Å². The Kier molecular flexibility index (Phi) is 5.87. The number of carbonyl (C=O) groups is 2. The van der Waals surface area contributed by atoms with Crippen molar-refractivity contribution in [3.63, 3.8) is 0 Å². The molecule has 1 aromatic rings. The van der Waals surface area contributed by atoms with Gasteiger partial charge < -0.3 is 9.84 Å². The normalized spacial score (nSPS) is 11.9. The van der Waals surface area contributed by atoms with Gasteiger partial charge in [-0.15, -0.1) is 11.3 Å². The molecule has 1 rings (SSSR count). The van der Waals surface area contributed by atoms with Crippen LogP contribution in [0.3, 0.4) is 0 Å². The van der Waals surface area contributed by atoms with Crippen molar-refractivity contribution in [1.82, 2.24) is 4.31 Å². The number of carboxylic acid groups (broad SMARTS) is 1. The maximum Gasteiger partial charge on any atom is 0.321 e. The highest BCUT2D eigenvalue weighted by molar-refractivity contribution is 7.91. The minimum Gasteiger partial charge on any atom is -0.481 e. The number of esters is 1. The maximum absolute atomic E-state index is 12.5. The molecule has 118 valence electrons. The molecule has 0 aromatic carbocycles. The van der Waals surface area contributed by atoms with E-state index in [2.05, 4.69) is 4.74 Å². The van der Waals surface area contributed by atoms with Crippen LogP contribution in [-0.4, -0.2) is 49.5 Å². The molecule has 0 fully saturated rings. The molecule has 0 saturated carbocycles. The van der Waals surface area contributed by atoms with Crippen LogP contribution < -0.4 is 0 Å². The van der Waals surface area contributed by atoms with E-state index in [1.54, 1.807) is 13.8 Å². The van der Waals surface area contributed by atoms with Gasteiger partial charge in [0.1, 0.15) is 10.8 Å². The summed E-state index contributed by atoms with van der Waals surface area (Å²) in [5.41, 5.74) is 0. The number of rotatable bonds is 7. The molecule has 9 heteroatoms. The standard InChI is InChI=1S/C12H17NO6S2/c1-8(2)13(7-11(16)19-3)21(17,18)12-5-4-9(20-12)6-10(14)15/h4-5,8H,6-7H2,1-3H3,(H,14,15). The van der Waals surface area contributed by atoms with Gasteiger partial charge in [0.2, 0.25) is 0 Å². The highest BCUT2D eigenvalue weighted by Gasteiger charge is 2.30. The summed E-state index contributed by atoms with van der Waals surface area (Å²) in [6.45, 7) is 2.90. The van der Waals surface area contributed by atoms with E-state index in [1.807, 2.05) is 0 Å². The number of ether oxygens (including phenoxy) is 1. The molecule has 1 aromatic heterocycles. The summed E-state index contributed by atoms with van der Waals surface area (Å²) in [6, 6.07) is 2.38. The molecule has 0 spiro atoms. The number of hydrogen-bond donors (Lipinski definition) is 1. The lowest BCUT2D eigenvalue weighted by Crippen LogP contribution is -2.40. The Balaban J connectivity index is 3.08.